The van der Waals surface area contributed by atoms with E-state index in [1.807, 2.05) is 13.8 Å². The first-order chi connectivity index (χ1) is 8.06. The molecule has 1 aromatic carbocycles. The lowest BCUT2D eigenvalue weighted by Crippen LogP contribution is -2.37. The Hall–Kier alpha value is -1.48. The van der Waals surface area contributed by atoms with Crippen molar-refractivity contribution in [3.8, 4) is 0 Å². The molecule has 3 heteroatoms. The minimum atomic E-state index is -0.848. The van der Waals surface area contributed by atoms with Gasteiger partial charge in [-0.2, -0.15) is 0 Å². The molecular weight excluding hydrogens is 216 g/mol. The Balaban J connectivity index is 2.08. The first kappa shape index (κ1) is 10.7. The van der Waals surface area contributed by atoms with Crippen molar-refractivity contribution in [3.63, 3.8) is 0 Å². The third-order valence-corrected chi connectivity index (χ3v) is 3.47. The highest BCUT2D eigenvalue weighted by Crippen LogP contribution is 2.49. The summed E-state index contributed by atoms with van der Waals surface area (Å²) < 4.78 is 5.48. The maximum Gasteiger partial charge on any atom is 0.198 e. The molecule has 0 radical (unpaired) electrons. The van der Waals surface area contributed by atoms with E-state index in [4.69, 9.17) is 4.74 Å². The molecule has 3 rings (SSSR count). The number of hydrogen-bond acceptors (Lipinski definition) is 3. The van der Waals surface area contributed by atoms with E-state index in [-0.39, 0.29) is 11.6 Å². The van der Waals surface area contributed by atoms with Gasteiger partial charge in [-0.05, 0) is 12.3 Å². The lowest BCUT2D eigenvalue weighted by Gasteiger charge is -2.19. The lowest BCUT2D eigenvalue weighted by atomic mass is 9.78. The van der Waals surface area contributed by atoms with E-state index in [1.165, 1.54) is 0 Å². The molecule has 0 N–H and O–H groups in total. The van der Waals surface area contributed by atoms with E-state index in [1.54, 1.807) is 24.3 Å². The summed E-state index contributed by atoms with van der Waals surface area (Å²) in [5.74, 6) is 0.272. The Morgan fingerprint density at radius 2 is 1.88 bits per heavy atom. The van der Waals surface area contributed by atoms with Gasteiger partial charge in [-0.25, -0.2) is 0 Å². The second-order valence-electron chi connectivity index (χ2n) is 5.22. The summed E-state index contributed by atoms with van der Waals surface area (Å²) in [7, 11) is 0. The zero-order chi connectivity index (χ0) is 12.2. The quantitative estimate of drug-likeness (QED) is 0.732. The van der Waals surface area contributed by atoms with Crippen molar-refractivity contribution in [3.05, 3.63) is 35.4 Å². The van der Waals surface area contributed by atoms with Crippen LogP contribution in [0, 0.1) is 5.92 Å². The van der Waals surface area contributed by atoms with Gasteiger partial charge in [0, 0.05) is 11.1 Å². The minimum Gasteiger partial charge on any atom is -0.349 e. The number of carbonyl (C=O) groups excluding carboxylic acids is 2. The summed E-state index contributed by atoms with van der Waals surface area (Å²) in [5.41, 5.74) is 0.186. The van der Waals surface area contributed by atoms with Gasteiger partial charge >= 0.3 is 0 Å². The molecule has 0 aromatic heterocycles. The molecule has 1 heterocycles. The Morgan fingerprint density at radius 1 is 1.24 bits per heavy atom. The number of benzene rings is 1. The minimum absolute atomic E-state index is 0.0219. The van der Waals surface area contributed by atoms with Gasteiger partial charge in [0.2, 0.25) is 0 Å². The van der Waals surface area contributed by atoms with Crippen LogP contribution in [-0.2, 0) is 4.74 Å². The van der Waals surface area contributed by atoms with Crippen LogP contribution < -0.4 is 0 Å². The molecule has 2 atom stereocenters. The van der Waals surface area contributed by atoms with E-state index in [0.29, 0.717) is 23.5 Å². The van der Waals surface area contributed by atoms with Gasteiger partial charge in [-0.15, -0.1) is 0 Å². The SMILES string of the molecule is CC(C)CC12OC1C(=O)c1ccccc1C2=O. The predicted octanol–water partition coefficient (Wildman–Crippen LogP) is 2.25. The molecule has 0 saturated carbocycles. The van der Waals surface area contributed by atoms with E-state index >= 15 is 0 Å². The van der Waals surface area contributed by atoms with Gasteiger partial charge < -0.3 is 4.74 Å². The van der Waals surface area contributed by atoms with Crippen molar-refractivity contribution in [1.29, 1.82) is 0 Å². The van der Waals surface area contributed by atoms with Crippen LogP contribution >= 0.6 is 0 Å². The maximum absolute atomic E-state index is 12.4. The summed E-state index contributed by atoms with van der Waals surface area (Å²) in [5, 5.41) is 0. The van der Waals surface area contributed by atoms with Crippen LogP contribution in [0.3, 0.4) is 0 Å². The van der Waals surface area contributed by atoms with Crippen LogP contribution in [0.15, 0.2) is 24.3 Å². The van der Waals surface area contributed by atoms with Crippen molar-refractivity contribution in [2.45, 2.75) is 32.0 Å². The molecule has 1 aromatic rings. The molecule has 1 saturated heterocycles. The Kier molecular flexibility index (Phi) is 2.05. The number of rotatable bonds is 2. The van der Waals surface area contributed by atoms with Gasteiger partial charge in [-0.1, -0.05) is 38.1 Å². The Labute approximate surface area is 99.8 Å². The number of fused-ring (bicyclic) bond motifs is 2. The van der Waals surface area contributed by atoms with Gasteiger partial charge in [-0.3, -0.25) is 9.59 Å². The zero-order valence-corrected chi connectivity index (χ0v) is 9.90. The fraction of sp³-hybridized carbons (Fsp3) is 0.429. The molecular formula is C14H14O3. The monoisotopic (exact) mass is 230 g/mol. The predicted molar refractivity (Wildman–Crippen MR) is 62.2 cm³/mol. The van der Waals surface area contributed by atoms with Crippen molar-refractivity contribution in [2.24, 2.45) is 5.92 Å². The van der Waals surface area contributed by atoms with Crippen molar-refractivity contribution in [1.82, 2.24) is 0 Å². The number of ether oxygens (including phenoxy) is 1. The van der Waals surface area contributed by atoms with E-state index in [0.717, 1.165) is 0 Å². The van der Waals surface area contributed by atoms with Crippen LogP contribution in [0.25, 0.3) is 0 Å². The second-order valence-corrected chi connectivity index (χ2v) is 5.22. The van der Waals surface area contributed by atoms with E-state index in [9.17, 15) is 9.59 Å². The summed E-state index contributed by atoms with van der Waals surface area (Å²) >= 11 is 0. The smallest absolute Gasteiger partial charge is 0.198 e. The Morgan fingerprint density at radius 3 is 2.53 bits per heavy atom. The molecule has 2 unspecified atom stereocenters. The number of epoxide rings is 1. The third kappa shape index (κ3) is 1.32. The van der Waals surface area contributed by atoms with E-state index < -0.39 is 11.7 Å². The fourth-order valence-electron chi connectivity index (χ4n) is 2.73. The van der Waals surface area contributed by atoms with Crippen LogP contribution in [0.5, 0.6) is 0 Å². The summed E-state index contributed by atoms with van der Waals surface area (Å²) in [6, 6.07) is 6.99. The average Bonchev–Trinajstić information content (AvgIpc) is 3.01. The van der Waals surface area contributed by atoms with Crippen LogP contribution in [-0.4, -0.2) is 23.3 Å². The standard InChI is InChI=1S/C14H14O3/c1-8(2)7-14-12(16)10-6-4-3-5-9(10)11(15)13(14)17-14/h3-6,8,13H,7H2,1-2H3. The number of Topliss-reactive ketones (excluding diaryl/α,β-unsaturated/α-hetero) is 2. The highest BCUT2D eigenvalue weighted by molar-refractivity contribution is 6.22. The van der Waals surface area contributed by atoms with Crippen LogP contribution in [0.2, 0.25) is 0 Å². The molecule has 17 heavy (non-hydrogen) atoms. The lowest BCUT2D eigenvalue weighted by molar-refractivity contribution is 0.0840. The molecule has 1 aliphatic carbocycles. The molecule has 1 aliphatic heterocycles. The van der Waals surface area contributed by atoms with Gasteiger partial charge in [0.05, 0.1) is 0 Å². The summed E-state index contributed by atoms with van der Waals surface area (Å²) in [4.78, 5) is 24.5. The average molecular weight is 230 g/mol. The van der Waals surface area contributed by atoms with Crippen molar-refractivity contribution in [2.75, 3.05) is 0 Å². The highest BCUT2D eigenvalue weighted by atomic mass is 16.6. The first-order valence-corrected chi connectivity index (χ1v) is 5.92. The maximum atomic E-state index is 12.4. The molecule has 0 spiro atoms. The van der Waals surface area contributed by atoms with Crippen molar-refractivity contribution >= 4 is 11.6 Å². The summed E-state index contributed by atoms with van der Waals surface area (Å²) in [6.07, 6.45) is 0.0867. The number of carbonyl (C=O) groups is 2. The topological polar surface area (TPSA) is 46.7 Å². The zero-order valence-electron chi connectivity index (χ0n) is 9.90. The Bertz CT molecular complexity index is 518. The van der Waals surface area contributed by atoms with Crippen LogP contribution in [0.4, 0.5) is 0 Å². The second kappa shape index (κ2) is 3.26. The summed E-state index contributed by atoms with van der Waals surface area (Å²) in [6.45, 7) is 4.07. The highest BCUT2D eigenvalue weighted by Gasteiger charge is 2.68. The van der Waals surface area contributed by atoms with Gasteiger partial charge in [0.25, 0.3) is 0 Å². The number of hydrogen-bond donors (Lipinski definition) is 0. The molecule has 3 nitrogen and oxygen atoms in total. The molecule has 2 aliphatic rings. The van der Waals surface area contributed by atoms with Gasteiger partial charge in [0.15, 0.2) is 23.3 Å². The largest absolute Gasteiger partial charge is 0.349 e. The van der Waals surface area contributed by atoms with Crippen LogP contribution in [0.1, 0.15) is 41.0 Å². The first-order valence-electron chi connectivity index (χ1n) is 5.92. The molecule has 1 fully saturated rings. The van der Waals surface area contributed by atoms with Gasteiger partial charge in [0.1, 0.15) is 0 Å². The fourth-order valence-corrected chi connectivity index (χ4v) is 2.73. The number of ketones is 2. The molecule has 88 valence electrons. The third-order valence-electron chi connectivity index (χ3n) is 3.47. The van der Waals surface area contributed by atoms with Crippen molar-refractivity contribution < 1.29 is 14.3 Å². The molecule has 0 amide bonds. The normalized spacial score (nSPS) is 30.2. The van der Waals surface area contributed by atoms with E-state index in [2.05, 4.69) is 0 Å². The molecule has 0 bridgehead atoms.